The molecule has 2 fully saturated rings. The molecule has 6 heteroatoms. The van der Waals surface area contributed by atoms with Crippen molar-refractivity contribution in [3.05, 3.63) is 24.3 Å². The number of ether oxygens (including phenoxy) is 2. The number of hydrogen-bond acceptors (Lipinski definition) is 4. The van der Waals surface area contributed by atoms with Crippen LogP contribution in [0, 0.1) is 0 Å². The summed E-state index contributed by atoms with van der Waals surface area (Å²) in [7, 11) is 1.63. The maximum absolute atomic E-state index is 12.7. The Hall–Kier alpha value is -1.79. The molecule has 2 saturated heterocycles. The zero-order valence-electron chi connectivity index (χ0n) is 15.4. The van der Waals surface area contributed by atoms with Crippen LogP contribution in [0.25, 0.3) is 0 Å². The summed E-state index contributed by atoms with van der Waals surface area (Å²) in [5.74, 6) is 0.785. The highest BCUT2D eigenvalue weighted by molar-refractivity contribution is 5.89. The van der Waals surface area contributed by atoms with Crippen molar-refractivity contribution in [1.29, 1.82) is 0 Å². The van der Waals surface area contributed by atoms with E-state index < -0.39 is 0 Å². The van der Waals surface area contributed by atoms with Crippen LogP contribution in [0.15, 0.2) is 24.3 Å². The number of benzene rings is 1. The Morgan fingerprint density at radius 1 is 1.24 bits per heavy atom. The topological polar surface area (TPSA) is 54.0 Å². The molecule has 3 rings (SSSR count). The molecule has 2 amide bonds. The normalized spacial score (nSPS) is 27.3. The first kappa shape index (κ1) is 18.0. The molecular formula is C19H29N3O3. The quantitative estimate of drug-likeness (QED) is 0.910. The number of hydrogen-bond donors (Lipinski definition) is 1. The molecule has 0 radical (unpaired) electrons. The second-order valence-electron chi connectivity index (χ2n) is 7.12. The molecule has 0 spiro atoms. The predicted octanol–water partition coefficient (Wildman–Crippen LogP) is 2.80. The number of carbonyl (C=O) groups is 1. The molecule has 1 aromatic rings. The van der Waals surface area contributed by atoms with Gasteiger partial charge in [-0.05, 0) is 51.0 Å². The average molecular weight is 347 g/mol. The lowest BCUT2D eigenvalue weighted by molar-refractivity contribution is -0.0712. The lowest BCUT2D eigenvalue weighted by Crippen LogP contribution is -2.51. The van der Waals surface area contributed by atoms with Crippen LogP contribution in [0.3, 0.4) is 0 Å². The van der Waals surface area contributed by atoms with Crippen LogP contribution in [-0.2, 0) is 4.74 Å². The van der Waals surface area contributed by atoms with Crippen molar-refractivity contribution in [2.45, 2.75) is 44.9 Å². The van der Waals surface area contributed by atoms with Crippen LogP contribution in [0.4, 0.5) is 10.5 Å². The number of anilines is 1. The van der Waals surface area contributed by atoms with E-state index in [0.717, 1.165) is 50.5 Å². The van der Waals surface area contributed by atoms with Crippen molar-refractivity contribution in [3.8, 4) is 5.75 Å². The molecule has 3 atom stereocenters. The minimum absolute atomic E-state index is 0.0120. The minimum Gasteiger partial charge on any atom is -0.497 e. The maximum Gasteiger partial charge on any atom is 0.322 e. The standard InChI is InChI=1S/C19H29N3O3/c1-14-11-21(12-15(2)25-14)13-17-5-4-10-22(17)19(23)20-16-6-8-18(24-3)9-7-16/h6-9,14-15,17H,4-5,10-13H2,1-3H3,(H,20,23)/t14-,15-,17-/m1/s1. The Morgan fingerprint density at radius 2 is 1.92 bits per heavy atom. The second-order valence-corrected chi connectivity index (χ2v) is 7.12. The molecule has 2 aliphatic rings. The highest BCUT2D eigenvalue weighted by Gasteiger charge is 2.32. The third kappa shape index (κ3) is 4.64. The van der Waals surface area contributed by atoms with E-state index in [0.29, 0.717) is 0 Å². The molecule has 138 valence electrons. The Balaban J connectivity index is 1.57. The maximum atomic E-state index is 12.7. The summed E-state index contributed by atoms with van der Waals surface area (Å²) in [6, 6.07) is 7.71. The molecule has 2 aliphatic heterocycles. The summed E-state index contributed by atoms with van der Waals surface area (Å²) in [5.41, 5.74) is 0.796. The van der Waals surface area contributed by atoms with E-state index >= 15 is 0 Å². The van der Waals surface area contributed by atoms with Gasteiger partial charge in [0.05, 0.1) is 19.3 Å². The molecule has 1 aromatic carbocycles. The molecule has 25 heavy (non-hydrogen) atoms. The fourth-order valence-corrected chi connectivity index (χ4v) is 3.89. The Bertz CT molecular complexity index is 568. The van der Waals surface area contributed by atoms with Gasteiger partial charge in [0, 0.05) is 37.9 Å². The van der Waals surface area contributed by atoms with Crippen LogP contribution >= 0.6 is 0 Å². The summed E-state index contributed by atoms with van der Waals surface area (Å²) in [6.45, 7) is 7.86. The molecule has 6 nitrogen and oxygen atoms in total. The summed E-state index contributed by atoms with van der Waals surface area (Å²) >= 11 is 0. The van der Waals surface area contributed by atoms with Crippen molar-refractivity contribution in [2.24, 2.45) is 0 Å². The number of morpholine rings is 1. The lowest BCUT2D eigenvalue weighted by Gasteiger charge is -2.38. The molecule has 0 aliphatic carbocycles. The largest absolute Gasteiger partial charge is 0.497 e. The van der Waals surface area contributed by atoms with E-state index in [1.165, 1.54) is 0 Å². The predicted molar refractivity (Wildman–Crippen MR) is 98.2 cm³/mol. The van der Waals surface area contributed by atoms with Gasteiger partial charge in [-0.15, -0.1) is 0 Å². The molecule has 0 saturated carbocycles. The minimum atomic E-state index is -0.0120. The molecule has 1 N–H and O–H groups in total. The smallest absolute Gasteiger partial charge is 0.322 e. The third-order valence-electron chi connectivity index (χ3n) is 4.94. The van der Waals surface area contributed by atoms with E-state index in [9.17, 15) is 4.79 Å². The average Bonchev–Trinajstić information content (AvgIpc) is 3.03. The van der Waals surface area contributed by atoms with Crippen molar-refractivity contribution < 1.29 is 14.3 Å². The molecular weight excluding hydrogens is 318 g/mol. The number of urea groups is 1. The van der Waals surface area contributed by atoms with Crippen LogP contribution in [0.2, 0.25) is 0 Å². The van der Waals surface area contributed by atoms with Crippen LogP contribution in [0.5, 0.6) is 5.75 Å². The number of rotatable bonds is 4. The number of amides is 2. The van der Waals surface area contributed by atoms with Gasteiger partial charge < -0.3 is 19.7 Å². The molecule has 2 heterocycles. The Morgan fingerprint density at radius 3 is 2.56 bits per heavy atom. The van der Waals surface area contributed by atoms with Crippen LogP contribution in [-0.4, -0.2) is 67.4 Å². The van der Waals surface area contributed by atoms with Gasteiger partial charge in [-0.2, -0.15) is 0 Å². The molecule has 0 aromatic heterocycles. The van der Waals surface area contributed by atoms with E-state index in [4.69, 9.17) is 9.47 Å². The number of nitrogens with one attached hydrogen (secondary N) is 1. The van der Waals surface area contributed by atoms with Gasteiger partial charge in [0.2, 0.25) is 0 Å². The third-order valence-corrected chi connectivity index (χ3v) is 4.94. The molecule has 0 unspecified atom stereocenters. The van der Waals surface area contributed by atoms with Gasteiger partial charge >= 0.3 is 6.03 Å². The summed E-state index contributed by atoms with van der Waals surface area (Å²) in [6.07, 6.45) is 2.64. The fraction of sp³-hybridized carbons (Fsp3) is 0.632. The summed E-state index contributed by atoms with van der Waals surface area (Å²) in [4.78, 5) is 17.1. The van der Waals surface area contributed by atoms with E-state index in [1.807, 2.05) is 29.2 Å². The number of methoxy groups -OCH3 is 1. The monoisotopic (exact) mass is 347 g/mol. The van der Waals surface area contributed by atoms with Gasteiger partial charge in [0.15, 0.2) is 0 Å². The number of nitrogens with zero attached hydrogens (tertiary/aromatic N) is 2. The van der Waals surface area contributed by atoms with Gasteiger partial charge in [-0.3, -0.25) is 4.90 Å². The first-order valence-electron chi connectivity index (χ1n) is 9.14. The van der Waals surface area contributed by atoms with Gasteiger partial charge in [0.1, 0.15) is 5.75 Å². The van der Waals surface area contributed by atoms with Crippen molar-refractivity contribution in [2.75, 3.05) is 38.6 Å². The number of carbonyl (C=O) groups excluding carboxylic acids is 1. The first-order valence-corrected chi connectivity index (χ1v) is 9.14. The van der Waals surface area contributed by atoms with Crippen LogP contribution < -0.4 is 10.1 Å². The highest BCUT2D eigenvalue weighted by atomic mass is 16.5. The van der Waals surface area contributed by atoms with Gasteiger partial charge in [-0.25, -0.2) is 4.79 Å². The highest BCUT2D eigenvalue weighted by Crippen LogP contribution is 2.22. The lowest BCUT2D eigenvalue weighted by atomic mass is 10.1. The van der Waals surface area contributed by atoms with E-state index in [-0.39, 0.29) is 24.3 Å². The Labute approximate surface area is 150 Å². The van der Waals surface area contributed by atoms with Gasteiger partial charge in [-0.1, -0.05) is 0 Å². The second kappa shape index (κ2) is 8.06. The first-order chi connectivity index (χ1) is 12.0. The SMILES string of the molecule is COc1ccc(NC(=O)N2CCC[C@@H]2CN2C[C@@H](C)O[C@H](C)C2)cc1. The zero-order valence-corrected chi connectivity index (χ0v) is 15.4. The fourth-order valence-electron chi connectivity index (χ4n) is 3.89. The Kier molecular flexibility index (Phi) is 5.81. The summed E-state index contributed by atoms with van der Waals surface area (Å²) < 4.78 is 11.0. The van der Waals surface area contributed by atoms with Crippen molar-refractivity contribution >= 4 is 11.7 Å². The summed E-state index contributed by atoms with van der Waals surface area (Å²) in [5, 5.41) is 3.01. The van der Waals surface area contributed by atoms with E-state index in [1.54, 1.807) is 7.11 Å². The molecule has 0 bridgehead atoms. The van der Waals surface area contributed by atoms with Crippen LogP contribution in [0.1, 0.15) is 26.7 Å². The van der Waals surface area contributed by atoms with E-state index in [2.05, 4.69) is 24.1 Å². The zero-order chi connectivity index (χ0) is 17.8. The number of likely N-dealkylation sites (tertiary alicyclic amines) is 1. The van der Waals surface area contributed by atoms with Crippen molar-refractivity contribution in [3.63, 3.8) is 0 Å². The van der Waals surface area contributed by atoms with Crippen molar-refractivity contribution in [1.82, 2.24) is 9.80 Å². The van der Waals surface area contributed by atoms with Gasteiger partial charge in [0.25, 0.3) is 0 Å².